The first kappa shape index (κ1) is 16.3. The summed E-state index contributed by atoms with van der Waals surface area (Å²) < 4.78 is 29.0. The van der Waals surface area contributed by atoms with Crippen molar-refractivity contribution in [3.63, 3.8) is 0 Å². The standard InChI is InChI=1S/C19H21N3O2S/c1-15-9-12-21-14-18(20-19(21)13-15)16-5-7-17(8-6-16)25(23,24)22-10-3-2-4-11-22/h5-9,12-14H,2-4,10-11H2,1H3. The molecule has 0 radical (unpaired) electrons. The van der Waals surface area contributed by atoms with E-state index < -0.39 is 10.0 Å². The molecule has 1 fully saturated rings. The summed E-state index contributed by atoms with van der Waals surface area (Å²) in [6.07, 6.45) is 6.94. The molecular formula is C19H21N3O2S. The molecule has 25 heavy (non-hydrogen) atoms. The third-order valence-corrected chi connectivity index (χ3v) is 6.63. The molecule has 5 nitrogen and oxygen atoms in total. The van der Waals surface area contributed by atoms with E-state index in [1.807, 2.05) is 48.0 Å². The van der Waals surface area contributed by atoms with Gasteiger partial charge in [0, 0.05) is 31.0 Å². The van der Waals surface area contributed by atoms with Gasteiger partial charge in [-0.1, -0.05) is 18.6 Å². The van der Waals surface area contributed by atoms with Gasteiger partial charge in [0.2, 0.25) is 10.0 Å². The molecule has 3 heterocycles. The van der Waals surface area contributed by atoms with Crippen molar-refractivity contribution in [1.82, 2.24) is 13.7 Å². The van der Waals surface area contributed by atoms with Crippen LogP contribution in [0, 0.1) is 6.92 Å². The third kappa shape index (κ3) is 3.07. The fourth-order valence-corrected chi connectivity index (χ4v) is 4.79. The number of sulfonamides is 1. The van der Waals surface area contributed by atoms with Crippen molar-refractivity contribution in [2.75, 3.05) is 13.1 Å². The predicted molar refractivity (Wildman–Crippen MR) is 98.0 cm³/mol. The lowest BCUT2D eigenvalue weighted by Gasteiger charge is -2.25. The zero-order chi connectivity index (χ0) is 17.4. The van der Waals surface area contributed by atoms with Crippen LogP contribution in [-0.4, -0.2) is 35.2 Å². The molecule has 2 aromatic heterocycles. The molecule has 3 aromatic rings. The topological polar surface area (TPSA) is 54.7 Å². The van der Waals surface area contributed by atoms with Crippen LogP contribution in [0.1, 0.15) is 24.8 Å². The lowest BCUT2D eigenvalue weighted by atomic mass is 10.2. The quantitative estimate of drug-likeness (QED) is 0.723. The van der Waals surface area contributed by atoms with E-state index in [0.717, 1.165) is 41.7 Å². The van der Waals surface area contributed by atoms with Crippen molar-refractivity contribution in [2.24, 2.45) is 0 Å². The molecule has 0 spiro atoms. The first-order chi connectivity index (χ1) is 12.0. The van der Waals surface area contributed by atoms with E-state index in [1.54, 1.807) is 16.4 Å². The van der Waals surface area contributed by atoms with E-state index in [1.165, 1.54) is 0 Å². The van der Waals surface area contributed by atoms with E-state index in [-0.39, 0.29) is 0 Å². The van der Waals surface area contributed by atoms with E-state index >= 15 is 0 Å². The Morgan fingerprint density at radius 2 is 1.72 bits per heavy atom. The van der Waals surface area contributed by atoms with Crippen molar-refractivity contribution < 1.29 is 8.42 Å². The van der Waals surface area contributed by atoms with Crippen LogP contribution in [0.2, 0.25) is 0 Å². The molecule has 1 aromatic carbocycles. The number of aryl methyl sites for hydroxylation is 1. The summed E-state index contributed by atoms with van der Waals surface area (Å²) in [5, 5.41) is 0. The van der Waals surface area contributed by atoms with E-state index in [2.05, 4.69) is 4.98 Å². The number of imidazole rings is 1. The second-order valence-corrected chi connectivity index (χ2v) is 8.52. The molecule has 0 unspecified atom stereocenters. The first-order valence-corrected chi connectivity index (χ1v) is 10.0. The molecule has 130 valence electrons. The molecule has 0 atom stereocenters. The Labute approximate surface area is 148 Å². The highest BCUT2D eigenvalue weighted by Gasteiger charge is 2.25. The van der Waals surface area contributed by atoms with E-state index in [9.17, 15) is 8.42 Å². The normalized spacial score (nSPS) is 16.4. The largest absolute Gasteiger partial charge is 0.306 e. The van der Waals surface area contributed by atoms with Gasteiger partial charge in [0.15, 0.2) is 0 Å². The second kappa shape index (κ2) is 6.28. The first-order valence-electron chi connectivity index (χ1n) is 8.60. The zero-order valence-electron chi connectivity index (χ0n) is 14.2. The van der Waals surface area contributed by atoms with Crippen molar-refractivity contribution in [3.8, 4) is 11.3 Å². The smallest absolute Gasteiger partial charge is 0.243 e. The van der Waals surface area contributed by atoms with Gasteiger partial charge in [-0.2, -0.15) is 4.31 Å². The Bertz CT molecular complexity index is 1000. The summed E-state index contributed by atoms with van der Waals surface area (Å²) in [6, 6.07) is 11.1. The summed E-state index contributed by atoms with van der Waals surface area (Å²) in [5.41, 5.74) is 3.80. The van der Waals surface area contributed by atoms with Crippen LogP contribution in [-0.2, 0) is 10.0 Å². The lowest BCUT2D eigenvalue weighted by Crippen LogP contribution is -2.35. The maximum atomic E-state index is 12.7. The highest BCUT2D eigenvalue weighted by molar-refractivity contribution is 7.89. The van der Waals surface area contributed by atoms with Crippen molar-refractivity contribution in [2.45, 2.75) is 31.1 Å². The van der Waals surface area contributed by atoms with Gasteiger partial charge in [-0.05, 0) is 49.6 Å². The Hall–Kier alpha value is -2.18. The minimum Gasteiger partial charge on any atom is -0.306 e. The average Bonchev–Trinajstić information content (AvgIpc) is 3.06. The van der Waals surface area contributed by atoms with Gasteiger partial charge in [-0.15, -0.1) is 0 Å². The molecule has 1 aliphatic rings. The molecule has 0 bridgehead atoms. The van der Waals surface area contributed by atoms with Gasteiger partial charge in [0.25, 0.3) is 0 Å². The Morgan fingerprint density at radius 1 is 1.00 bits per heavy atom. The molecule has 1 saturated heterocycles. The van der Waals surface area contributed by atoms with E-state index in [0.29, 0.717) is 18.0 Å². The van der Waals surface area contributed by atoms with Crippen molar-refractivity contribution >= 4 is 15.7 Å². The van der Waals surface area contributed by atoms with Crippen LogP contribution in [0.3, 0.4) is 0 Å². The van der Waals surface area contributed by atoms with Gasteiger partial charge in [-0.3, -0.25) is 0 Å². The Balaban J connectivity index is 1.64. The number of pyridine rings is 1. The number of hydrogen-bond acceptors (Lipinski definition) is 3. The molecule has 0 saturated carbocycles. The molecule has 6 heteroatoms. The van der Waals surface area contributed by atoms with Crippen LogP contribution in [0.15, 0.2) is 53.7 Å². The molecule has 0 amide bonds. The SMILES string of the molecule is Cc1ccn2cc(-c3ccc(S(=O)(=O)N4CCCCC4)cc3)nc2c1. The van der Waals surface area contributed by atoms with Gasteiger partial charge in [0.05, 0.1) is 10.6 Å². The monoisotopic (exact) mass is 355 g/mol. The number of piperidine rings is 1. The Kier molecular flexibility index (Phi) is 4.09. The lowest BCUT2D eigenvalue weighted by molar-refractivity contribution is 0.346. The minimum absolute atomic E-state index is 0.359. The molecular weight excluding hydrogens is 334 g/mol. The minimum atomic E-state index is -3.38. The summed E-state index contributed by atoms with van der Waals surface area (Å²) >= 11 is 0. The summed E-state index contributed by atoms with van der Waals surface area (Å²) in [7, 11) is -3.38. The summed E-state index contributed by atoms with van der Waals surface area (Å²) in [6.45, 7) is 3.28. The van der Waals surface area contributed by atoms with Gasteiger partial charge in [0.1, 0.15) is 5.65 Å². The number of rotatable bonds is 3. The predicted octanol–water partition coefficient (Wildman–Crippen LogP) is 3.48. The number of hydrogen-bond donors (Lipinski definition) is 0. The second-order valence-electron chi connectivity index (χ2n) is 6.58. The van der Waals surface area contributed by atoms with E-state index in [4.69, 9.17) is 0 Å². The summed E-state index contributed by atoms with van der Waals surface area (Å²) in [5.74, 6) is 0. The van der Waals surface area contributed by atoms with Crippen molar-refractivity contribution in [3.05, 3.63) is 54.4 Å². The highest BCUT2D eigenvalue weighted by Crippen LogP contribution is 2.24. The molecule has 0 aliphatic carbocycles. The Morgan fingerprint density at radius 3 is 2.44 bits per heavy atom. The highest BCUT2D eigenvalue weighted by atomic mass is 32.2. The van der Waals surface area contributed by atoms with Crippen LogP contribution >= 0.6 is 0 Å². The number of nitrogens with zero attached hydrogens (tertiary/aromatic N) is 3. The van der Waals surface area contributed by atoms with Crippen LogP contribution in [0.5, 0.6) is 0 Å². The fraction of sp³-hybridized carbons (Fsp3) is 0.316. The average molecular weight is 355 g/mol. The third-order valence-electron chi connectivity index (χ3n) is 4.72. The van der Waals surface area contributed by atoms with Gasteiger partial charge in [-0.25, -0.2) is 13.4 Å². The molecule has 0 N–H and O–H groups in total. The van der Waals surface area contributed by atoms with Crippen LogP contribution < -0.4 is 0 Å². The van der Waals surface area contributed by atoms with Crippen LogP contribution in [0.4, 0.5) is 0 Å². The maximum absolute atomic E-state index is 12.7. The number of aromatic nitrogens is 2. The van der Waals surface area contributed by atoms with Crippen LogP contribution in [0.25, 0.3) is 16.9 Å². The fourth-order valence-electron chi connectivity index (χ4n) is 3.27. The van der Waals surface area contributed by atoms with Gasteiger partial charge < -0.3 is 4.40 Å². The summed E-state index contributed by atoms with van der Waals surface area (Å²) in [4.78, 5) is 4.99. The maximum Gasteiger partial charge on any atom is 0.243 e. The zero-order valence-corrected chi connectivity index (χ0v) is 15.0. The number of fused-ring (bicyclic) bond motifs is 1. The van der Waals surface area contributed by atoms with Gasteiger partial charge >= 0.3 is 0 Å². The van der Waals surface area contributed by atoms with Crippen molar-refractivity contribution in [1.29, 1.82) is 0 Å². The molecule has 4 rings (SSSR count). The molecule has 1 aliphatic heterocycles. The number of benzene rings is 1.